The molecule has 6 heteroatoms. The molecule has 21 heavy (non-hydrogen) atoms. The van der Waals surface area contributed by atoms with Crippen molar-refractivity contribution in [2.45, 2.75) is 51.5 Å². The summed E-state index contributed by atoms with van der Waals surface area (Å²) >= 11 is 0. The molecular formula is C15H24N2O4. The van der Waals surface area contributed by atoms with Crippen LogP contribution < -0.4 is 5.32 Å². The molecule has 0 aromatic carbocycles. The molecule has 0 aromatic heterocycles. The number of likely N-dealkylation sites (tertiary alicyclic amines) is 1. The number of amides is 2. The van der Waals surface area contributed by atoms with Crippen LogP contribution in [0.1, 0.15) is 45.4 Å². The third-order valence-electron chi connectivity index (χ3n) is 4.29. The molecule has 118 valence electrons. The maximum atomic E-state index is 12.1. The van der Waals surface area contributed by atoms with Gasteiger partial charge in [0.15, 0.2) is 0 Å². The highest BCUT2D eigenvalue weighted by atomic mass is 16.5. The van der Waals surface area contributed by atoms with Crippen molar-refractivity contribution in [3.63, 3.8) is 0 Å². The SMILES string of the molecule is CCOC(=O)C1CCN(C(=O)C(=O)NC2CCCC2)CC1. The standard InChI is InChI=1S/C15H24N2O4/c1-2-21-15(20)11-7-9-17(10-8-11)14(19)13(18)16-12-5-3-4-6-12/h11-12H,2-10H2,1H3,(H,16,18). The summed E-state index contributed by atoms with van der Waals surface area (Å²) < 4.78 is 4.99. The third-order valence-corrected chi connectivity index (χ3v) is 4.29. The third kappa shape index (κ3) is 4.19. The first-order valence-electron chi connectivity index (χ1n) is 7.88. The Morgan fingerprint density at radius 1 is 1.10 bits per heavy atom. The largest absolute Gasteiger partial charge is 0.466 e. The summed E-state index contributed by atoms with van der Waals surface area (Å²) in [6, 6.07) is 0.151. The highest BCUT2D eigenvalue weighted by Crippen LogP contribution is 2.20. The van der Waals surface area contributed by atoms with Gasteiger partial charge in [-0.1, -0.05) is 12.8 Å². The fraction of sp³-hybridized carbons (Fsp3) is 0.800. The molecule has 0 radical (unpaired) electrons. The van der Waals surface area contributed by atoms with E-state index in [0.717, 1.165) is 25.7 Å². The second-order valence-electron chi connectivity index (χ2n) is 5.77. The Morgan fingerprint density at radius 3 is 2.29 bits per heavy atom. The van der Waals surface area contributed by atoms with Crippen LogP contribution in [0.2, 0.25) is 0 Å². The van der Waals surface area contributed by atoms with Gasteiger partial charge in [0.25, 0.3) is 0 Å². The van der Waals surface area contributed by atoms with Gasteiger partial charge in [-0.25, -0.2) is 0 Å². The second kappa shape index (κ2) is 7.43. The molecule has 1 saturated carbocycles. The molecule has 0 atom stereocenters. The van der Waals surface area contributed by atoms with Crippen molar-refractivity contribution in [1.82, 2.24) is 10.2 Å². The van der Waals surface area contributed by atoms with E-state index in [0.29, 0.717) is 32.5 Å². The van der Waals surface area contributed by atoms with Gasteiger partial charge in [-0.05, 0) is 32.6 Å². The van der Waals surface area contributed by atoms with E-state index in [9.17, 15) is 14.4 Å². The van der Waals surface area contributed by atoms with E-state index in [2.05, 4.69) is 5.32 Å². The lowest BCUT2D eigenvalue weighted by Gasteiger charge is -2.30. The number of ether oxygens (including phenoxy) is 1. The first kappa shape index (κ1) is 15.8. The summed E-state index contributed by atoms with van der Waals surface area (Å²) in [6.45, 7) is 3.05. The first-order chi connectivity index (χ1) is 10.1. The van der Waals surface area contributed by atoms with E-state index in [-0.39, 0.29) is 17.9 Å². The molecular weight excluding hydrogens is 272 g/mol. The van der Waals surface area contributed by atoms with Crippen molar-refractivity contribution in [1.29, 1.82) is 0 Å². The molecule has 0 bridgehead atoms. The molecule has 2 rings (SSSR count). The highest BCUT2D eigenvalue weighted by molar-refractivity contribution is 6.35. The zero-order valence-electron chi connectivity index (χ0n) is 12.6. The normalized spacial score (nSPS) is 20.3. The van der Waals surface area contributed by atoms with E-state index >= 15 is 0 Å². The average molecular weight is 296 g/mol. The van der Waals surface area contributed by atoms with E-state index in [4.69, 9.17) is 4.74 Å². The van der Waals surface area contributed by atoms with Gasteiger partial charge in [-0.2, -0.15) is 0 Å². The minimum atomic E-state index is -0.503. The van der Waals surface area contributed by atoms with Crippen molar-refractivity contribution < 1.29 is 19.1 Å². The molecule has 2 amide bonds. The summed E-state index contributed by atoms with van der Waals surface area (Å²) in [7, 11) is 0. The maximum absolute atomic E-state index is 12.1. The molecule has 1 heterocycles. The monoisotopic (exact) mass is 296 g/mol. The number of nitrogens with one attached hydrogen (secondary N) is 1. The maximum Gasteiger partial charge on any atom is 0.311 e. The lowest BCUT2D eigenvalue weighted by molar-refractivity contribution is -0.152. The molecule has 0 spiro atoms. The zero-order valence-corrected chi connectivity index (χ0v) is 12.6. The van der Waals surface area contributed by atoms with Crippen LogP contribution in [0, 0.1) is 5.92 Å². The summed E-state index contributed by atoms with van der Waals surface area (Å²) in [4.78, 5) is 37.2. The minimum absolute atomic E-state index is 0.146. The van der Waals surface area contributed by atoms with E-state index in [1.165, 1.54) is 0 Å². The van der Waals surface area contributed by atoms with E-state index < -0.39 is 11.8 Å². The van der Waals surface area contributed by atoms with Crippen LogP contribution in [-0.4, -0.2) is 48.4 Å². The Bertz CT molecular complexity index is 396. The van der Waals surface area contributed by atoms with Gasteiger partial charge in [-0.3, -0.25) is 14.4 Å². The summed E-state index contributed by atoms with van der Waals surface area (Å²) in [5, 5.41) is 2.81. The van der Waals surface area contributed by atoms with Gasteiger partial charge in [0.05, 0.1) is 12.5 Å². The molecule has 1 N–H and O–H groups in total. The molecule has 2 fully saturated rings. The van der Waals surface area contributed by atoms with Crippen molar-refractivity contribution in [2.75, 3.05) is 19.7 Å². The molecule has 0 aromatic rings. The van der Waals surface area contributed by atoms with Crippen LogP contribution in [0.25, 0.3) is 0 Å². The molecule has 1 saturated heterocycles. The number of hydrogen-bond acceptors (Lipinski definition) is 4. The Balaban J connectivity index is 1.76. The first-order valence-corrected chi connectivity index (χ1v) is 7.88. The van der Waals surface area contributed by atoms with Crippen LogP contribution in [0.5, 0.6) is 0 Å². The van der Waals surface area contributed by atoms with E-state index in [1.807, 2.05) is 0 Å². The molecule has 1 aliphatic heterocycles. The van der Waals surface area contributed by atoms with Crippen molar-refractivity contribution >= 4 is 17.8 Å². The van der Waals surface area contributed by atoms with Crippen LogP contribution in [0.4, 0.5) is 0 Å². The number of piperidine rings is 1. The molecule has 0 unspecified atom stereocenters. The summed E-state index contributed by atoms with van der Waals surface area (Å²) in [5.41, 5.74) is 0. The predicted octanol–water partition coefficient (Wildman–Crippen LogP) is 0.847. The van der Waals surface area contributed by atoms with Crippen molar-refractivity contribution in [3.8, 4) is 0 Å². The molecule has 1 aliphatic carbocycles. The fourth-order valence-corrected chi connectivity index (χ4v) is 3.04. The Morgan fingerprint density at radius 2 is 1.71 bits per heavy atom. The summed E-state index contributed by atoms with van der Waals surface area (Å²) in [6.07, 6.45) is 5.30. The Kier molecular flexibility index (Phi) is 5.59. The highest BCUT2D eigenvalue weighted by Gasteiger charge is 2.31. The number of rotatable bonds is 3. The Labute approximate surface area is 125 Å². The topological polar surface area (TPSA) is 75.7 Å². The smallest absolute Gasteiger partial charge is 0.311 e. The summed E-state index contributed by atoms with van der Waals surface area (Å²) in [5.74, 6) is -1.31. The number of carbonyl (C=O) groups excluding carboxylic acids is 3. The van der Waals surface area contributed by atoms with Crippen molar-refractivity contribution in [3.05, 3.63) is 0 Å². The fourth-order valence-electron chi connectivity index (χ4n) is 3.04. The van der Waals surface area contributed by atoms with Crippen LogP contribution >= 0.6 is 0 Å². The van der Waals surface area contributed by atoms with Crippen LogP contribution in [0.3, 0.4) is 0 Å². The quantitative estimate of drug-likeness (QED) is 0.619. The Hall–Kier alpha value is -1.59. The van der Waals surface area contributed by atoms with Gasteiger partial charge in [-0.15, -0.1) is 0 Å². The minimum Gasteiger partial charge on any atom is -0.466 e. The van der Waals surface area contributed by atoms with Crippen molar-refractivity contribution in [2.24, 2.45) is 5.92 Å². The van der Waals surface area contributed by atoms with Gasteiger partial charge >= 0.3 is 17.8 Å². The number of nitrogens with zero attached hydrogens (tertiary/aromatic N) is 1. The van der Waals surface area contributed by atoms with Crippen LogP contribution in [-0.2, 0) is 19.1 Å². The van der Waals surface area contributed by atoms with Gasteiger partial charge < -0.3 is 15.0 Å². The zero-order chi connectivity index (χ0) is 15.2. The molecule has 6 nitrogen and oxygen atoms in total. The van der Waals surface area contributed by atoms with Gasteiger partial charge in [0.2, 0.25) is 0 Å². The predicted molar refractivity (Wildman–Crippen MR) is 76.3 cm³/mol. The lowest BCUT2D eigenvalue weighted by atomic mass is 9.97. The van der Waals surface area contributed by atoms with E-state index in [1.54, 1.807) is 11.8 Å². The van der Waals surface area contributed by atoms with Crippen LogP contribution in [0.15, 0.2) is 0 Å². The second-order valence-corrected chi connectivity index (χ2v) is 5.77. The van der Waals surface area contributed by atoms with Gasteiger partial charge in [0, 0.05) is 19.1 Å². The lowest BCUT2D eigenvalue weighted by Crippen LogP contribution is -2.49. The van der Waals surface area contributed by atoms with Gasteiger partial charge in [0.1, 0.15) is 0 Å². The average Bonchev–Trinajstić information content (AvgIpc) is 3.00. The number of esters is 1. The number of carbonyl (C=O) groups is 3. The molecule has 2 aliphatic rings. The number of hydrogen-bond donors (Lipinski definition) is 1.